The largest absolute Gasteiger partial charge is 0.365 e. The summed E-state index contributed by atoms with van der Waals surface area (Å²) in [5.74, 6) is 1.25. The van der Waals surface area contributed by atoms with Crippen molar-refractivity contribution < 1.29 is 0 Å². The summed E-state index contributed by atoms with van der Waals surface area (Å²) in [6.07, 6.45) is 2.03. The third kappa shape index (κ3) is 1.65. The van der Waals surface area contributed by atoms with Crippen molar-refractivity contribution in [3.8, 4) is 0 Å². The number of H-pyrrole nitrogens is 1. The van der Waals surface area contributed by atoms with E-state index in [-0.39, 0.29) is 0 Å². The molecule has 1 heteroatoms. The van der Waals surface area contributed by atoms with E-state index < -0.39 is 0 Å². The second-order valence-electron chi connectivity index (χ2n) is 3.66. The van der Waals surface area contributed by atoms with Crippen molar-refractivity contribution in [3.63, 3.8) is 0 Å². The van der Waals surface area contributed by atoms with Crippen molar-refractivity contribution in [1.29, 1.82) is 0 Å². The van der Waals surface area contributed by atoms with Gasteiger partial charge in [-0.1, -0.05) is 27.7 Å². The Kier molecular flexibility index (Phi) is 2.38. The lowest BCUT2D eigenvalue weighted by molar-refractivity contribution is 0.774. The standard InChI is InChI=1S/C10H17N/c1-7(2)9-5-6-11-10(9)8(3)4/h5-8,11H,1-4H3. The van der Waals surface area contributed by atoms with Crippen LogP contribution in [0.4, 0.5) is 0 Å². The van der Waals surface area contributed by atoms with E-state index in [0.29, 0.717) is 11.8 Å². The topological polar surface area (TPSA) is 15.8 Å². The molecule has 62 valence electrons. The maximum atomic E-state index is 3.29. The van der Waals surface area contributed by atoms with E-state index in [1.54, 1.807) is 0 Å². The number of aromatic nitrogens is 1. The predicted molar refractivity (Wildman–Crippen MR) is 49.0 cm³/mol. The second-order valence-corrected chi connectivity index (χ2v) is 3.66. The van der Waals surface area contributed by atoms with Crippen LogP contribution >= 0.6 is 0 Å². The summed E-state index contributed by atoms with van der Waals surface area (Å²) in [4.78, 5) is 3.29. The third-order valence-electron chi connectivity index (χ3n) is 2.01. The zero-order chi connectivity index (χ0) is 8.43. The molecule has 1 aromatic rings. The number of hydrogen-bond acceptors (Lipinski definition) is 0. The second kappa shape index (κ2) is 3.12. The minimum atomic E-state index is 0.613. The highest BCUT2D eigenvalue weighted by Gasteiger charge is 2.09. The van der Waals surface area contributed by atoms with Gasteiger partial charge in [0.05, 0.1) is 0 Å². The van der Waals surface area contributed by atoms with E-state index in [9.17, 15) is 0 Å². The van der Waals surface area contributed by atoms with Crippen LogP contribution in [0.3, 0.4) is 0 Å². The van der Waals surface area contributed by atoms with E-state index in [1.807, 2.05) is 6.20 Å². The molecule has 1 nitrogen and oxygen atoms in total. The van der Waals surface area contributed by atoms with Crippen molar-refractivity contribution >= 4 is 0 Å². The number of aromatic amines is 1. The normalized spacial score (nSPS) is 11.5. The molecular weight excluding hydrogens is 134 g/mol. The highest BCUT2D eigenvalue weighted by Crippen LogP contribution is 2.24. The molecule has 0 unspecified atom stereocenters. The molecule has 0 saturated heterocycles. The highest BCUT2D eigenvalue weighted by molar-refractivity contribution is 5.26. The van der Waals surface area contributed by atoms with Crippen LogP contribution in [0, 0.1) is 0 Å². The maximum absolute atomic E-state index is 3.29. The van der Waals surface area contributed by atoms with Crippen molar-refractivity contribution in [2.24, 2.45) is 0 Å². The molecule has 1 aromatic heterocycles. The monoisotopic (exact) mass is 151 g/mol. The van der Waals surface area contributed by atoms with Gasteiger partial charge < -0.3 is 4.98 Å². The highest BCUT2D eigenvalue weighted by atomic mass is 14.7. The van der Waals surface area contributed by atoms with Crippen LogP contribution in [0.25, 0.3) is 0 Å². The van der Waals surface area contributed by atoms with Crippen molar-refractivity contribution in [1.82, 2.24) is 4.98 Å². The van der Waals surface area contributed by atoms with Gasteiger partial charge in [-0.25, -0.2) is 0 Å². The van der Waals surface area contributed by atoms with Crippen LogP contribution in [0.1, 0.15) is 50.8 Å². The SMILES string of the molecule is CC(C)c1cc[nH]c1C(C)C. The molecule has 0 radical (unpaired) electrons. The minimum absolute atomic E-state index is 0.613. The van der Waals surface area contributed by atoms with Crippen LogP contribution in [-0.2, 0) is 0 Å². The third-order valence-corrected chi connectivity index (χ3v) is 2.01. The molecule has 0 aliphatic heterocycles. The Morgan fingerprint density at radius 1 is 1.09 bits per heavy atom. The molecule has 1 heterocycles. The Bertz CT molecular complexity index is 198. The summed E-state index contributed by atoms with van der Waals surface area (Å²) in [6.45, 7) is 8.90. The van der Waals surface area contributed by atoms with E-state index in [4.69, 9.17) is 0 Å². The van der Waals surface area contributed by atoms with Crippen LogP contribution in [0.2, 0.25) is 0 Å². The Morgan fingerprint density at radius 3 is 2.09 bits per heavy atom. The fourth-order valence-corrected chi connectivity index (χ4v) is 1.40. The number of nitrogens with one attached hydrogen (secondary N) is 1. The molecule has 0 aliphatic rings. The quantitative estimate of drug-likeness (QED) is 0.667. The average Bonchev–Trinajstić information content (AvgIpc) is 2.32. The summed E-state index contributed by atoms with van der Waals surface area (Å²) >= 11 is 0. The lowest BCUT2D eigenvalue weighted by Gasteiger charge is -2.09. The molecule has 0 spiro atoms. The first kappa shape index (κ1) is 8.38. The lowest BCUT2D eigenvalue weighted by Crippen LogP contribution is -1.95. The average molecular weight is 151 g/mol. The van der Waals surface area contributed by atoms with E-state index in [1.165, 1.54) is 11.3 Å². The molecule has 1 rings (SSSR count). The lowest BCUT2D eigenvalue weighted by atomic mass is 9.98. The summed E-state index contributed by atoms with van der Waals surface area (Å²) < 4.78 is 0. The van der Waals surface area contributed by atoms with Crippen molar-refractivity contribution in [3.05, 3.63) is 23.5 Å². The Labute approximate surface area is 68.8 Å². The Balaban J connectivity index is 2.96. The van der Waals surface area contributed by atoms with E-state index >= 15 is 0 Å². The van der Waals surface area contributed by atoms with Gasteiger partial charge in [0.1, 0.15) is 0 Å². The Hall–Kier alpha value is -0.720. The first-order valence-electron chi connectivity index (χ1n) is 4.30. The molecule has 0 atom stereocenters. The van der Waals surface area contributed by atoms with Crippen LogP contribution in [0.15, 0.2) is 12.3 Å². The van der Waals surface area contributed by atoms with E-state index in [0.717, 1.165) is 0 Å². The minimum Gasteiger partial charge on any atom is -0.365 e. The summed E-state index contributed by atoms with van der Waals surface area (Å²) in [6, 6.07) is 2.18. The first-order chi connectivity index (χ1) is 5.13. The van der Waals surface area contributed by atoms with Crippen LogP contribution < -0.4 is 0 Å². The van der Waals surface area contributed by atoms with Gasteiger partial charge in [0.15, 0.2) is 0 Å². The maximum Gasteiger partial charge on any atom is 0.0208 e. The zero-order valence-electron chi connectivity index (χ0n) is 7.81. The summed E-state index contributed by atoms with van der Waals surface area (Å²) in [5.41, 5.74) is 2.85. The zero-order valence-corrected chi connectivity index (χ0v) is 7.81. The molecule has 0 saturated carbocycles. The van der Waals surface area contributed by atoms with E-state index in [2.05, 4.69) is 38.7 Å². The number of rotatable bonds is 2. The Morgan fingerprint density at radius 2 is 1.73 bits per heavy atom. The van der Waals surface area contributed by atoms with Gasteiger partial charge in [0.25, 0.3) is 0 Å². The van der Waals surface area contributed by atoms with Gasteiger partial charge >= 0.3 is 0 Å². The molecule has 0 bridgehead atoms. The van der Waals surface area contributed by atoms with Gasteiger partial charge in [-0.15, -0.1) is 0 Å². The summed E-state index contributed by atoms with van der Waals surface area (Å²) in [7, 11) is 0. The molecule has 1 N–H and O–H groups in total. The van der Waals surface area contributed by atoms with Gasteiger partial charge in [0, 0.05) is 11.9 Å². The molecule has 0 aromatic carbocycles. The molecule has 0 fully saturated rings. The predicted octanol–water partition coefficient (Wildman–Crippen LogP) is 3.26. The fraction of sp³-hybridized carbons (Fsp3) is 0.600. The van der Waals surface area contributed by atoms with Gasteiger partial charge in [-0.05, 0) is 23.5 Å². The smallest absolute Gasteiger partial charge is 0.0208 e. The number of hydrogen-bond donors (Lipinski definition) is 1. The van der Waals surface area contributed by atoms with Crippen molar-refractivity contribution in [2.45, 2.75) is 39.5 Å². The van der Waals surface area contributed by atoms with Crippen LogP contribution in [0.5, 0.6) is 0 Å². The van der Waals surface area contributed by atoms with Gasteiger partial charge in [-0.2, -0.15) is 0 Å². The molecule has 0 amide bonds. The first-order valence-corrected chi connectivity index (χ1v) is 4.30. The van der Waals surface area contributed by atoms with Gasteiger partial charge in [-0.3, -0.25) is 0 Å². The molecule has 0 aliphatic carbocycles. The van der Waals surface area contributed by atoms with Crippen LogP contribution in [-0.4, -0.2) is 4.98 Å². The van der Waals surface area contributed by atoms with Crippen molar-refractivity contribution in [2.75, 3.05) is 0 Å². The fourth-order valence-electron chi connectivity index (χ4n) is 1.40. The van der Waals surface area contributed by atoms with Gasteiger partial charge in [0.2, 0.25) is 0 Å². The molecular formula is C10H17N. The molecule has 11 heavy (non-hydrogen) atoms. The summed E-state index contributed by atoms with van der Waals surface area (Å²) in [5, 5.41) is 0.